The Bertz CT molecular complexity index is 1490. The van der Waals surface area contributed by atoms with Crippen molar-refractivity contribution in [1.29, 1.82) is 0 Å². The monoisotopic (exact) mass is 515 g/mol. The molecule has 0 radical (unpaired) electrons. The summed E-state index contributed by atoms with van der Waals surface area (Å²) < 4.78 is 12.4. The van der Waals surface area contributed by atoms with E-state index in [0.717, 1.165) is 11.1 Å². The molecule has 1 aliphatic rings. The maximum Gasteiger partial charge on any atom is 0.349 e. The fraction of sp³-hybridized carbons (Fsp3) is 0.167. The van der Waals surface area contributed by atoms with Crippen LogP contribution in [0.2, 0.25) is 0 Å². The van der Waals surface area contributed by atoms with Crippen LogP contribution in [0.3, 0.4) is 0 Å². The van der Waals surface area contributed by atoms with E-state index in [9.17, 15) is 14.4 Å². The van der Waals surface area contributed by atoms with Crippen LogP contribution in [-0.2, 0) is 16.1 Å². The van der Waals surface area contributed by atoms with Crippen LogP contribution in [0.4, 0.5) is 5.69 Å². The van der Waals surface area contributed by atoms with Crippen LogP contribution in [0.15, 0.2) is 51.3 Å². The third-order valence-corrected chi connectivity index (χ3v) is 6.26. The van der Waals surface area contributed by atoms with Gasteiger partial charge in [-0.1, -0.05) is 23.2 Å². The van der Waals surface area contributed by atoms with Gasteiger partial charge in [0.2, 0.25) is 0 Å². The van der Waals surface area contributed by atoms with Crippen LogP contribution in [0.5, 0.6) is 11.5 Å². The molecule has 2 N–H and O–H groups in total. The summed E-state index contributed by atoms with van der Waals surface area (Å²) in [6.45, 7) is 0.474. The zero-order chi connectivity index (χ0) is 25.3. The van der Waals surface area contributed by atoms with Crippen molar-refractivity contribution in [3.8, 4) is 11.5 Å². The molecule has 0 bridgehead atoms. The number of carboxylic acids is 1. The highest BCUT2D eigenvalue weighted by Gasteiger charge is 2.22. The van der Waals surface area contributed by atoms with E-state index >= 15 is 0 Å². The first-order valence-corrected chi connectivity index (χ1v) is 11.1. The van der Waals surface area contributed by atoms with Gasteiger partial charge < -0.3 is 19.9 Å². The van der Waals surface area contributed by atoms with Crippen molar-refractivity contribution >= 4 is 63.3 Å². The second-order valence-electron chi connectivity index (χ2n) is 7.54. The molecule has 0 aliphatic carbocycles. The minimum atomic E-state index is -1.53. The molecule has 0 spiro atoms. The lowest BCUT2D eigenvalue weighted by atomic mass is 10.1. The summed E-state index contributed by atoms with van der Waals surface area (Å²) in [5, 5.41) is 10.3. The maximum absolute atomic E-state index is 13.1. The van der Waals surface area contributed by atoms with E-state index in [-0.39, 0.29) is 11.2 Å². The van der Waals surface area contributed by atoms with Gasteiger partial charge in [0.15, 0.2) is 0 Å². The Morgan fingerprint density at radius 1 is 1.11 bits per heavy atom. The molecular formula is C24H19Cl2N3O6. The Kier molecular flexibility index (Phi) is 6.81. The topological polar surface area (TPSA) is 120 Å². The number of ether oxygens (including phenoxy) is 2. The second-order valence-corrected chi connectivity index (χ2v) is 8.29. The highest BCUT2D eigenvalue weighted by Crippen LogP contribution is 2.32. The smallest absolute Gasteiger partial charge is 0.349 e. The predicted molar refractivity (Wildman–Crippen MR) is 133 cm³/mol. The molecule has 3 aromatic rings. The number of allylic oxidation sites excluding steroid dienone is 1. The number of hydrogen-bond donors (Lipinski definition) is 2. The van der Waals surface area contributed by atoms with Gasteiger partial charge in [-0.3, -0.25) is 14.2 Å². The fourth-order valence-corrected chi connectivity index (χ4v) is 3.97. The third-order valence-electron chi connectivity index (χ3n) is 5.45. The van der Waals surface area contributed by atoms with E-state index in [1.54, 1.807) is 30.9 Å². The fourth-order valence-electron chi connectivity index (χ4n) is 3.75. The summed E-state index contributed by atoms with van der Waals surface area (Å²) in [7, 11) is 3.15. The van der Waals surface area contributed by atoms with E-state index in [2.05, 4.69) is 10.3 Å². The number of halogens is 2. The number of carbonyl (C=O) groups excluding carboxylic acids is 1. The number of nitrogens with one attached hydrogen (secondary N) is 1. The molecule has 0 fully saturated rings. The molecule has 4 rings (SSSR count). The molecule has 9 nitrogen and oxygen atoms in total. The van der Waals surface area contributed by atoms with Crippen LogP contribution in [-0.4, -0.2) is 40.8 Å². The van der Waals surface area contributed by atoms with E-state index in [0.29, 0.717) is 41.2 Å². The maximum atomic E-state index is 13.1. The normalized spacial score (nSPS) is 14.5. The number of aromatic nitrogens is 2. The van der Waals surface area contributed by atoms with Gasteiger partial charge >= 0.3 is 5.97 Å². The van der Waals surface area contributed by atoms with Crippen molar-refractivity contribution in [3.05, 3.63) is 68.2 Å². The number of carbonyl (C=O) groups is 2. The molecule has 0 unspecified atom stereocenters. The largest absolute Gasteiger partial charge is 0.497 e. The highest BCUT2D eigenvalue weighted by atomic mass is 35.5. The first-order chi connectivity index (χ1) is 16.7. The first-order valence-electron chi connectivity index (χ1n) is 10.3. The van der Waals surface area contributed by atoms with Crippen LogP contribution < -0.4 is 20.3 Å². The summed E-state index contributed by atoms with van der Waals surface area (Å²) in [4.78, 5) is 41.0. The lowest BCUT2D eigenvalue weighted by Crippen LogP contribution is -2.21. The Hall–Kier alpha value is -3.82. The molecular weight excluding hydrogens is 497 g/mol. The number of rotatable bonds is 6. The SMILES string of the molecule is COc1ccc(OC)c(C=C2CCn3c2nc2cc(NC(=O)C(Cl)=C(Cl)C(=O)O)ccc2c3=O)c1. The zero-order valence-corrected chi connectivity index (χ0v) is 20.1. The number of methoxy groups -OCH3 is 2. The molecule has 1 aromatic heterocycles. The van der Waals surface area contributed by atoms with Gasteiger partial charge in [-0.25, -0.2) is 9.78 Å². The number of carboxylic acid groups (broad SMARTS) is 1. The highest BCUT2D eigenvalue weighted by molar-refractivity contribution is 6.54. The summed E-state index contributed by atoms with van der Waals surface area (Å²) in [6.07, 6.45) is 2.50. The van der Waals surface area contributed by atoms with Crippen LogP contribution in [0.1, 0.15) is 17.8 Å². The molecule has 180 valence electrons. The van der Waals surface area contributed by atoms with Crippen LogP contribution >= 0.6 is 23.2 Å². The molecule has 1 amide bonds. The summed E-state index contributed by atoms with van der Waals surface area (Å²) in [5.74, 6) is -0.613. The van der Waals surface area contributed by atoms with Gasteiger partial charge in [0, 0.05) is 17.8 Å². The molecule has 0 saturated carbocycles. The van der Waals surface area contributed by atoms with E-state index in [1.165, 1.54) is 18.2 Å². The van der Waals surface area contributed by atoms with Crippen molar-refractivity contribution in [3.63, 3.8) is 0 Å². The summed E-state index contributed by atoms with van der Waals surface area (Å²) in [6, 6.07) is 9.97. The molecule has 11 heteroatoms. The summed E-state index contributed by atoms with van der Waals surface area (Å²) in [5.41, 5.74) is 2.03. The van der Waals surface area contributed by atoms with Gasteiger partial charge in [-0.05, 0) is 54.5 Å². The van der Waals surface area contributed by atoms with E-state index < -0.39 is 21.9 Å². The molecule has 1 aliphatic heterocycles. The minimum Gasteiger partial charge on any atom is -0.497 e. The lowest BCUT2D eigenvalue weighted by Gasteiger charge is -2.10. The number of aliphatic carboxylic acids is 1. The average molecular weight is 516 g/mol. The Labute approximate surface area is 209 Å². The molecule has 2 heterocycles. The molecule has 0 saturated heterocycles. The van der Waals surface area contributed by atoms with Crippen molar-refractivity contribution < 1.29 is 24.2 Å². The van der Waals surface area contributed by atoms with Gasteiger partial charge in [0.05, 0.1) is 25.1 Å². The number of nitrogens with zero attached hydrogens (tertiary/aromatic N) is 2. The number of amides is 1. The molecule has 2 aromatic carbocycles. The predicted octanol–water partition coefficient (Wildman–Crippen LogP) is 4.07. The van der Waals surface area contributed by atoms with Crippen LogP contribution in [0.25, 0.3) is 22.6 Å². The van der Waals surface area contributed by atoms with Gasteiger partial charge in [0.1, 0.15) is 27.4 Å². The Morgan fingerprint density at radius 2 is 1.89 bits per heavy atom. The summed E-state index contributed by atoms with van der Waals surface area (Å²) >= 11 is 11.3. The number of fused-ring (bicyclic) bond motifs is 2. The molecule has 35 heavy (non-hydrogen) atoms. The quantitative estimate of drug-likeness (QED) is 0.474. The van der Waals surface area contributed by atoms with Crippen molar-refractivity contribution in [1.82, 2.24) is 9.55 Å². The van der Waals surface area contributed by atoms with Crippen molar-refractivity contribution in [2.24, 2.45) is 0 Å². The van der Waals surface area contributed by atoms with Gasteiger partial charge in [0.25, 0.3) is 11.5 Å². The zero-order valence-electron chi connectivity index (χ0n) is 18.6. The first kappa shape index (κ1) is 24.3. The van der Waals surface area contributed by atoms with E-state index in [1.807, 2.05) is 12.1 Å². The lowest BCUT2D eigenvalue weighted by molar-refractivity contribution is -0.132. The molecule has 0 atom stereocenters. The second kappa shape index (κ2) is 9.81. The van der Waals surface area contributed by atoms with Crippen molar-refractivity contribution in [2.45, 2.75) is 13.0 Å². The van der Waals surface area contributed by atoms with E-state index in [4.69, 9.17) is 37.8 Å². The number of hydrogen-bond acceptors (Lipinski definition) is 6. The minimum absolute atomic E-state index is 0.212. The van der Waals surface area contributed by atoms with Gasteiger partial charge in [-0.2, -0.15) is 0 Å². The van der Waals surface area contributed by atoms with Crippen molar-refractivity contribution in [2.75, 3.05) is 19.5 Å². The standard InChI is InChI=1S/C24H19Cl2N3O6/c1-34-15-4-6-18(35-2)13(10-15)9-12-7-8-29-21(12)28-17-11-14(3-5-16(17)23(29)31)27-22(30)19(25)20(26)24(32)33/h3-6,9-11H,7-8H2,1-2H3,(H,27,30)(H,32,33). The average Bonchev–Trinajstić information content (AvgIpc) is 3.25. The third kappa shape index (κ3) is 4.73. The number of benzene rings is 2. The Balaban J connectivity index is 1.75. The number of anilines is 1. The van der Waals surface area contributed by atoms with Gasteiger partial charge in [-0.15, -0.1) is 0 Å². The van der Waals surface area contributed by atoms with Crippen LogP contribution in [0, 0.1) is 0 Å². The Morgan fingerprint density at radius 3 is 2.57 bits per heavy atom.